The Hall–Kier alpha value is -1.49. The van der Waals surface area contributed by atoms with Crippen LogP contribution in [0.4, 0.5) is 0 Å². The summed E-state index contributed by atoms with van der Waals surface area (Å²) in [6, 6.07) is 10.6. The first-order chi connectivity index (χ1) is 9.63. The standard InChI is InChI=1S/C18H25NO/c1-4-9-17(10-5-2)12-18(13-17,14-19)15-7-6-8-16(11-15)20-3/h6-8,11H,4-5,9-10,12-13H2,1-3H3. The van der Waals surface area contributed by atoms with Gasteiger partial charge in [0.1, 0.15) is 5.75 Å². The van der Waals surface area contributed by atoms with Gasteiger partial charge in [0.2, 0.25) is 0 Å². The molecule has 0 radical (unpaired) electrons. The van der Waals surface area contributed by atoms with E-state index in [0.29, 0.717) is 5.41 Å². The first-order valence-electron chi connectivity index (χ1n) is 7.69. The van der Waals surface area contributed by atoms with Gasteiger partial charge in [0, 0.05) is 0 Å². The molecule has 2 heteroatoms. The molecule has 0 spiro atoms. The third kappa shape index (κ3) is 2.54. The van der Waals surface area contributed by atoms with E-state index < -0.39 is 0 Å². The fraction of sp³-hybridized carbons (Fsp3) is 0.611. The number of hydrogen-bond acceptors (Lipinski definition) is 2. The molecule has 1 aromatic carbocycles. The van der Waals surface area contributed by atoms with Crippen LogP contribution in [0, 0.1) is 16.7 Å². The molecule has 0 heterocycles. The number of rotatable bonds is 6. The van der Waals surface area contributed by atoms with Crippen molar-refractivity contribution in [3.05, 3.63) is 29.8 Å². The van der Waals surface area contributed by atoms with Gasteiger partial charge in [-0.05, 0) is 48.8 Å². The number of benzene rings is 1. The Bertz CT molecular complexity index is 486. The molecular formula is C18H25NO. The maximum absolute atomic E-state index is 9.73. The molecule has 2 rings (SSSR count). The lowest BCUT2D eigenvalue weighted by Crippen LogP contribution is -2.48. The maximum Gasteiger partial charge on any atom is 0.119 e. The highest BCUT2D eigenvalue weighted by atomic mass is 16.5. The lowest BCUT2D eigenvalue weighted by molar-refractivity contribution is 0.0357. The first-order valence-corrected chi connectivity index (χ1v) is 7.69. The highest BCUT2D eigenvalue weighted by Gasteiger charge is 2.54. The monoisotopic (exact) mass is 271 g/mol. The third-order valence-corrected chi connectivity index (χ3v) is 4.75. The molecule has 0 unspecified atom stereocenters. The summed E-state index contributed by atoms with van der Waals surface area (Å²) in [6.45, 7) is 4.49. The molecule has 0 saturated heterocycles. The van der Waals surface area contributed by atoms with E-state index in [2.05, 4.69) is 26.0 Å². The molecule has 0 amide bonds. The van der Waals surface area contributed by atoms with Gasteiger partial charge in [-0.15, -0.1) is 0 Å². The molecule has 0 bridgehead atoms. The Labute approximate surface area is 122 Å². The van der Waals surface area contributed by atoms with Crippen LogP contribution in [0.1, 0.15) is 57.9 Å². The van der Waals surface area contributed by atoms with E-state index in [9.17, 15) is 5.26 Å². The Kier molecular flexibility index (Phi) is 4.38. The maximum atomic E-state index is 9.73. The first kappa shape index (κ1) is 14.9. The number of nitriles is 1. The van der Waals surface area contributed by atoms with Crippen molar-refractivity contribution in [2.45, 2.75) is 57.8 Å². The van der Waals surface area contributed by atoms with Crippen molar-refractivity contribution in [2.24, 2.45) is 5.41 Å². The van der Waals surface area contributed by atoms with Gasteiger partial charge in [0.05, 0.1) is 18.6 Å². The van der Waals surface area contributed by atoms with Gasteiger partial charge in [-0.3, -0.25) is 0 Å². The van der Waals surface area contributed by atoms with Gasteiger partial charge in [-0.25, -0.2) is 0 Å². The Morgan fingerprint density at radius 3 is 2.35 bits per heavy atom. The van der Waals surface area contributed by atoms with Crippen LogP contribution in [-0.2, 0) is 5.41 Å². The molecule has 1 aliphatic rings. The molecule has 1 aromatic rings. The highest BCUT2D eigenvalue weighted by Crippen LogP contribution is 2.60. The van der Waals surface area contributed by atoms with Crippen molar-refractivity contribution in [1.29, 1.82) is 5.26 Å². The number of methoxy groups -OCH3 is 1. The van der Waals surface area contributed by atoms with E-state index in [1.807, 2.05) is 18.2 Å². The van der Waals surface area contributed by atoms with Gasteiger partial charge in [0.15, 0.2) is 0 Å². The molecule has 2 nitrogen and oxygen atoms in total. The zero-order chi connectivity index (χ0) is 14.6. The molecule has 20 heavy (non-hydrogen) atoms. The lowest BCUT2D eigenvalue weighted by Gasteiger charge is -2.53. The van der Waals surface area contributed by atoms with E-state index >= 15 is 0 Å². The molecule has 0 aliphatic heterocycles. The van der Waals surface area contributed by atoms with Gasteiger partial charge in [0.25, 0.3) is 0 Å². The largest absolute Gasteiger partial charge is 0.497 e. The SMILES string of the molecule is CCCC1(CCC)CC(C#N)(c2cccc(OC)c2)C1. The summed E-state index contributed by atoms with van der Waals surface area (Å²) in [5.74, 6) is 0.848. The summed E-state index contributed by atoms with van der Waals surface area (Å²) in [5.41, 5.74) is 1.23. The van der Waals surface area contributed by atoms with Gasteiger partial charge in [-0.2, -0.15) is 5.26 Å². The van der Waals surface area contributed by atoms with Crippen LogP contribution in [-0.4, -0.2) is 7.11 Å². The van der Waals surface area contributed by atoms with Crippen molar-refractivity contribution >= 4 is 0 Å². The van der Waals surface area contributed by atoms with Crippen molar-refractivity contribution in [3.63, 3.8) is 0 Å². The third-order valence-electron chi connectivity index (χ3n) is 4.75. The quantitative estimate of drug-likeness (QED) is 0.742. The van der Waals surface area contributed by atoms with Gasteiger partial charge >= 0.3 is 0 Å². The Balaban J connectivity index is 2.23. The summed E-state index contributed by atoms with van der Waals surface area (Å²) >= 11 is 0. The predicted octanol–water partition coefficient (Wildman–Crippen LogP) is 4.84. The molecule has 0 aromatic heterocycles. The number of hydrogen-bond donors (Lipinski definition) is 0. The zero-order valence-corrected chi connectivity index (χ0v) is 12.9. The van der Waals surface area contributed by atoms with Crippen LogP contribution in [0.2, 0.25) is 0 Å². The fourth-order valence-corrected chi connectivity index (χ4v) is 4.04. The summed E-state index contributed by atoms with van der Waals surface area (Å²) in [6.07, 6.45) is 6.92. The van der Waals surface area contributed by atoms with Crippen LogP contribution in [0.25, 0.3) is 0 Å². The number of nitrogens with zero attached hydrogens (tertiary/aromatic N) is 1. The van der Waals surface area contributed by atoms with Gasteiger partial charge in [-0.1, -0.05) is 38.8 Å². The summed E-state index contributed by atoms with van der Waals surface area (Å²) in [5, 5.41) is 9.73. The van der Waals surface area contributed by atoms with Crippen LogP contribution in [0.15, 0.2) is 24.3 Å². The normalized spacial score (nSPS) is 18.9. The van der Waals surface area contributed by atoms with Crippen molar-refractivity contribution < 1.29 is 4.74 Å². The minimum atomic E-state index is -0.293. The average Bonchev–Trinajstić information content (AvgIpc) is 2.44. The zero-order valence-electron chi connectivity index (χ0n) is 12.9. The highest BCUT2D eigenvalue weighted by molar-refractivity contribution is 5.41. The smallest absolute Gasteiger partial charge is 0.119 e. The molecule has 0 N–H and O–H groups in total. The molecule has 1 aliphatic carbocycles. The lowest BCUT2D eigenvalue weighted by atomic mass is 9.48. The second-order valence-corrected chi connectivity index (χ2v) is 6.28. The van der Waals surface area contributed by atoms with Crippen molar-refractivity contribution in [3.8, 4) is 11.8 Å². The Morgan fingerprint density at radius 2 is 1.85 bits per heavy atom. The van der Waals surface area contributed by atoms with Crippen LogP contribution in [0.5, 0.6) is 5.75 Å². The number of ether oxygens (including phenoxy) is 1. The summed E-state index contributed by atoms with van der Waals surface area (Å²) in [4.78, 5) is 0. The van der Waals surface area contributed by atoms with E-state index in [-0.39, 0.29) is 5.41 Å². The average molecular weight is 271 g/mol. The van der Waals surface area contributed by atoms with Gasteiger partial charge < -0.3 is 4.74 Å². The van der Waals surface area contributed by atoms with E-state index in [4.69, 9.17) is 4.74 Å². The van der Waals surface area contributed by atoms with Crippen LogP contribution < -0.4 is 4.74 Å². The summed E-state index contributed by atoms with van der Waals surface area (Å²) < 4.78 is 5.30. The second-order valence-electron chi connectivity index (χ2n) is 6.28. The molecule has 1 fully saturated rings. The second kappa shape index (κ2) is 5.87. The molecular weight excluding hydrogens is 246 g/mol. The minimum Gasteiger partial charge on any atom is -0.497 e. The topological polar surface area (TPSA) is 33.0 Å². The van der Waals surface area contributed by atoms with Crippen molar-refractivity contribution in [2.75, 3.05) is 7.11 Å². The minimum absolute atomic E-state index is 0.293. The molecule has 108 valence electrons. The fourth-order valence-electron chi connectivity index (χ4n) is 4.04. The van der Waals surface area contributed by atoms with Crippen LogP contribution >= 0.6 is 0 Å². The molecule has 1 saturated carbocycles. The Morgan fingerprint density at radius 1 is 1.20 bits per heavy atom. The molecule has 0 atom stereocenters. The van der Waals surface area contributed by atoms with Crippen molar-refractivity contribution in [1.82, 2.24) is 0 Å². The summed E-state index contributed by atoms with van der Waals surface area (Å²) in [7, 11) is 1.68. The van der Waals surface area contributed by atoms with E-state index in [1.54, 1.807) is 7.11 Å². The van der Waals surface area contributed by atoms with Crippen LogP contribution in [0.3, 0.4) is 0 Å². The van der Waals surface area contributed by atoms with E-state index in [1.165, 1.54) is 25.7 Å². The van der Waals surface area contributed by atoms with E-state index in [0.717, 1.165) is 24.2 Å². The predicted molar refractivity (Wildman–Crippen MR) is 81.8 cm³/mol.